The summed E-state index contributed by atoms with van der Waals surface area (Å²) in [7, 11) is 0. The number of amides is 1. The van der Waals surface area contributed by atoms with Crippen LogP contribution in [0.15, 0.2) is 0 Å². The van der Waals surface area contributed by atoms with Crippen molar-refractivity contribution in [3.63, 3.8) is 0 Å². The molecule has 2 aliphatic rings. The second-order valence-electron chi connectivity index (χ2n) is 5.55. The van der Waals surface area contributed by atoms with E-state index in [4.69, 9.17) is 10.5 Å². The summed E-state index contributed by atoms with van der Waals surface area (Å²) in [5.74, 6) is -0.174. The zero-order chi connectivity index (χ0) is 14.5. The topological polar surface area (TPSA) is 100 Å². The van der Waals surface area contributed by atoms with E-state index in [0.717, 1.165) is 25.7 Å². The van der Waals surface area contributed by atoms with E-state index in [2.05, 4.69) is 17.5 Å². The van der Waals surface area contributed by atoms with Gasteiger partial charge in [0.25, 0.3) is 0 Å². The van der Waals surface area contributed by atoms with Crippen LogP contribution in [0.5, 0.6) is 0 Å². The summed E-state index contributed by atoms with van der Waals surface area (Å²) >= 11 is 0. The van der Waals surface area contributed by atoms with Crippen LogP contribution in [0.2, 0.25) is 0 Å². The lowest BCUT2D eigenvalue weighted by molar-refractivity contribution is -0.131. The van der Waals surface area contributed by atoms with Crippen LogP contribution in [0.4, 0.5) is 0 Å². The van der Waals surface area contributed by atoms with Gasteiger partial charge in [0.15, 0.2) is 0 Å². The van der Waals surface area contributed by atoms with Gasteiger partial charge in [0.2, 0.25) is 5.91 Å². The first-order chi connectivity index (χ1) is 9.65. The van der Waals surface area contributed by atoms with Crippen molar-refractivity contribution >= 4 is 5.91 Å². The Hall–Kier alpha value is -1.63. The summed E-state index contributed by atoms with van der Waals surface area (Å²) in [6.07, 6.45) is 4.18. The maximum atomic E-state index is 12.2. The minimum atomic E-state index is -0.470. The number of aliphatic hydroxyl groups excluding tert-OH is 1. The van der Waals surface area contributed by atoms with Crippen molar-refractivity contribution in [1.29, 1.82) is 10.5 Å². The molecule has 2 N–H and O–H groups in total. The predicted molar refractivity (Wildman–Crippen MR) is 71.1 cm³/mol. The molecule has 0 radical (unpaired) electrons. The predicted octanol–water partition coefficient (Wildman–Crippen LogP) is 0.286. The number of nitriles is 2. The van der Waals surface area contributed by atoms with Crippen molar-refractivity contribution in [2.75, 3.05) is 6.54 Å². The third kappa shape index (κ3) is 3.27. The summed E-state index contributed by atoms with van der Waals surface area (Å²) in [4.78, 5) is 13.6. The Morgan fingerprint density at radius 2 is 1.65 bits per heavy atom. The number of nitrogens with one attached hydrogen (secondary N) is 1. The van der Waals surface area contributed by atoms with Crippen molar-refractivity contribution in [3.8, 4) is 12.1 Å². The quantitative estimate of drug-likeness (QED) is 0.771. The first-order valence-electron chi connectivity index (χ1n) is 7.17. The molecule has 1 heterocycles. The van der Waals surface area contributed by atoms with Gasteiger partial charge in [0.05, 0.1) is 24.8 Å². The fourth-order valence-corrected chi connectivity index (χ4v) is 3.02. The van der Waals surface area contributed by atoms with E-state index in [1.807, 2.05) is 0 Å². The summed E-state index contributed by atoms with van der Waals surface area (Å²) < 4.78 is 0. The monoisotopic (exact) mass is 276 g/mol. The molecule has 1 aliphatic carbocycles. The lowest BCUT2D eigenvalue weighted by Crippen LogP contribution is -2.47. The van der Waals surface area contributed by atoms with E-state index in [0.29, 0.717) is 12.8 Å². The van der Waals surface area contributed by atoms with Gasteiger partial charge in [0.1, 0.15) is 12.1 Å². The molecule has 108 valence electrons. The Bertz CT molecular complexity index is 409. The summed E-state index contributed by atoms with van der Waals surface area (Å²) in [5, 5.41) is 30.7. The van der Waals surface area contributed by atoms with Gasteiger partial charge in [-0.3, -0.25) is 4.79 Å². The Balaban J connectivity index is 1.85. The van der Waals surface area contributed by atoms with Crippen molar-refractivity contribution in [2.45, 2.75) is 62.8 Å². The van der Waals surface area contributed by atoms with Crippen LogP contribution in [0.25, 0.3) is 0 Å². The van der Waals surface area contributed by atoms with Gasteiger partial charge in [-0.1, -0.05) is 0 Å². The fraction of sp³-hybridized carbons (Fsp3) is 0.786. The number of likely N-dealkylation sites (tertiary alicyclic amines) is 1. The van der Waals surface area contributed by atoms with E-state index < -0.39 is 12.1 Å². The van der Waals surface area contributed by atoms with Crippen LogP contribution in [0, 0.1) is 22.7 Å². The van der Waals surface area contributed by atoms with Gasteiger partial charge in [-0.05, 0) is 38.5 Å². The molecule has 0 aromatic heterocycles. The molecule has 6 heteroatoms. The first-order valence-corrected chi connectivity index (χ1v) is 7.17. The van der Waals surface area contributed by atoms with Crippen LogP contribution >= 0.6 is 0 Å². The highest BCUT2D eigenvalue weighted by atomic mass is 16.3. The van der Waals surface area contributed by atoms with E-state index in [1.54, 1.807) is 0 Å². The standard InChI is InChI=1S/C14H20N4O2/c15-7-11-3-4-12(8-16)18(11)14(20)9-17-10-1-5-13(19)6-2-10/h10-13,17,19H,1-6,9H2/t10?,11-,12+,13?. The zero-order valence-electron chi connectivity index (χ0n) is 11.5. The van der Waals surface area contributed by atoms with E-state index in [-0.39, 0.29) is 24.6 Å². The van der Waals surface area contributed by atoms with Gasteiger partial charge in [0, 0.05) is 6.04 Å². The third-order valence-electron chi connectivity index (χ3n) is 4.21. The molecule has 20 heavy (non-hydrogen) atoms. The number of carbonyl (C=O) groups excluding carboxylic acids is 1. The Labute approximate surface area is 119 Å². The maximum Gasteiger partial charge on any atom is 0.238 e. The molecular formula is C14H20N4O2. The second-order valence-corrected chi connectivity index (χ2v) is 5.55. The average Bonchev–Trinajstić information content (AvgIpc) is 2.89. The highest BCUT2D eigenvalue weighted by Crippen LogP contribution is 2.23. The molecule has 1 aliphatic heterocycles. The van der Waals surface area contributed by atoms with Crippen LogP contribution in [-0.2, 0) is 4.79 Å². The summed E-state index contributed by atoms with van der Waals surface area (Å²) in [6, 6.07) is 3.49. The molecule has 0 bridgehead atoms. The number of hydrogen-bond acceptors (Lipinski definition) is 5. The molecule has 0 spiro atoms. The lowest BCUT2D eigenvalue weighted by atomic mass is 9.93. The second kappa shape index (κ2) is 6.69. The first kappa shape index (κ1) is 14.8. The Kier molecular flexibility index (Phi) is 4.94. The van der Waals surface area contributed by atoms with Gasteiger partial charge in [-0.15, -0.1) is 0 Å². The zero-order valence-corrected chi connectivity index (χ0v) is 11.5. The SMILES string of the molecule is N#C[C@@H]1CC[C@H](C#N)N1C(=O)CNC1CCC(O)CC1. The van der Waals surface area contributed by atoms with Crippen molar-refractivity contribution in [1.82, 2.24) is 10.2 Å². The number of rotatable bonds is 3. The molecular weight excluding hydrogens is 256 g/mol. The van der Waals surface area contributed by atoms with E-state index in [9.17, 15) is 9.90 Å². The number of aliphatic hydroxyl groups is 1. The highest BCUT2D eigenvalue weighted by Gasteiger charge is 2.37. The fourth-order valence-electron chi connectivity index (χ4n) is 3.02. The molecule has 1 amide bonds. The maximum absolute atomic E-state index is 12.2. The van der Waals surface area contributed by atoms with Gasteiger partial charge >= 0.3 is 0 Å². The lowest BCUT2D eigenvalue weighted by Gasteiger charge is -2.28. The Morgan fingerprint density at radius 1 is 1.10 bits per heavy atom. The number of hydrogen-bond donors (Lipinski definition) is 2. The normalized spacial score (nSPS) is 33.5. The minimum Gasteiger partial charge on any atom is -0.393 e. The van der Waals surface area contributed by atoms with Gasteiger partial charge in [-0.25, -0.2) is 0 Å². The molecule has 0 aromatic rings. The largest absolute Gasteiger partial charge is 0.393 e. The van der Waals surface area contributed by atoms with Crippen LogP contribution in [0.3, 0.4) is 0 Å². The summed E-state index contributed by atoms with van der Waals surface area (Å²) in [5.41, 5.74) is 0. The van der Waals surface area contributed by atoms with Crippen molar-refractivity contribution < 1.29 is 9.90 Å². The van der Waals surface area contributed by atoms with E-state index >= 15 is 0 Å². The Morgan fingerprint density at radius 3 is 2.15 bits per heavy atom. The van der Waals surface area contributed by atoms with Crippen LogP contribution in [0.1, 0.15) is 38.5 Å². The smallest absolute Gasteiger partial charge is 0.238 e. The minimum absolute atomic E-state index is 0.164. The molecule has 0 unspecified atom stereocenters. The van der Waals surface area contributed by atoms with E-state index in [1.165, 1.54) is 4.90 Å². The number of nitrogens with zero attached hydrogens (tertiary/aromatic N) is 3. The molecule has 1 saturated heterocycles. The van der Waals surface area contributed by atoms with Crippen LogP contribution < -0.4 is 5.32 Å². The van der Waals surface area contributed by atoms with Crippen LogP contribution in [-0.4, -0.2) is 46.7 Å². The molecule has 1 saturated carbocycles. The van der Waals surface area contributed by atoms with Gasteiger partial charge < -0.3 is 15.3 Å². The molecule has 2 rings (SSSR count). The molecule has 0 aromatic carbocycles. The van der Waals surface area contributed by atoms with Crippen molar-refractivity contribution in [3.05, 3.63) is 0 Å². The molecule has 2 fully saturated rings. The third-order valence-corrected chi connectivity index (χ3v) is 4.21. The average molecular weight is 276 g/mol. The van der Waals surface area contributed by atoms with Crippen molar-refractivity contribution in [2.24, 2.45) is 0 Å². The summed E-state index contributed by atoms with van der Waals surface area (Å²) in [6.45, 7) is 0.164. The van der Waals surface area contributed by atoms with Gasteiger partial charge in [-0.2, -0.15) is 10.5 Å². The number of carbonyl (C=O) groups is 1. The highest BCUT2D eigenvalue weighted by molar-refractivity contribution is 5.80. The molecule has 2 atom stereocenters. The molecule has 6 nitrogen and oxygen atoms in total.